The van der Waals surface area contributed by atoms with E-state index >= 15 is 0 Å². The maximum Gasteiger partial charge on any atom is 0.410 e. The SMILES string of the molecule is COc1c(C(C)C)ccc(C(=O)O)c1C1CCCN(C(=O)OC(C)(C)C)C1. The zero-order valence-electron chi connectivity index (χ0n) is 17.2. The van der Waals surface area contributed by atoms with E-state index in [0.29, 0.717) is 24.4 Å². The lowest BCUT2D eigenvalue weighted by Crippen LogP contribution is -2.42. The van der Waals surface area contributed by atoms with E-state index in [0.717, 1.165) is 18.4 Å². The van der Waals surface area contributed by atoms with Gasteiger partial charge in [-0.25, -0.2) is 9.59 Å². The summed E-state index contributed by atoms with van der Waals surface area (Å²) in [7, 11) is 1.57. The van der Waals surface area contributed by atoms with E-state index in [9.17, 15) is 14.7 Å². The van der Waals surface area contributed by atoms with E-state index in [2.05, 4.69) is 13.8 Å². The third-order valence-electron chi connectivity index (χ3n) is 4.76. The number of piperidine rings is 1. The van der Waals surface area contributed by atoms with Crippen molar-refractivity contribution in [3.05, 3.63) is 28.8 Å². The van der Waals surface area contributed by atoms with E-state index in [1.54, 1.807) is 18.1 Å². The number of nitrogens with zero attached hydrogens (tertiary/aromatic N) is 1. The molecule has 0 bridgehead atoms. The quantitative estimate of drug-likeness (QED) is 0.828. The van der Waals surface area contributed by atoms with Gasteiger partial charge in [0.2, 0.25) is 0 Å². The Morgan fingerprint density at radius 3 is 2.44 bits per heavy atom. The van der Waals surface area contributed by atoms with Gasteiger partial charge in [-0.1, -0.05) is 19.9 Å². The molecule has 0 spiro atoms. The van der Waals surface area contributed by atoms with Crippen molar-refractivity contribution in [3.8, 4) is 5.75 Å². The predicted molar refractivity (Wildman–Crippen MR) is 104 cm³/mol. The molecule has 1 aliphatic rings. The minimum atomic E-state index is -0.979. The van der Waals surface area contributed by atoms with E-state index < -0.39 is 11.6 Å². The highest BCUT2D eigenvalue weighted by atomic mass is 16.6. The highest BCUT2D eigenvalue weighted by Gasteiger charge is 2.33. The van der Waals surface area contributed by atoms with Gasteiger partial charge in [-0.15, -0.1) is 0 Å². The molecule has 150 valence electrons. The highest BCUT2D eigenvalue weighted by Crippen LogP contribution is 2.40. The molecule has 6 heteroatoms. The van der Waals surface area contributed by atoms with E-state index in [4.69, 9.17) is 9.47 Å². The number of carboxylic acids is 1. The van der Waals surface area contributed by atoms with Gasteiger partial charge >= 0.3 is 12.1 Å². The van der Waals surface area contributed by atoms with Crippen molar-refractivity contribution in [3.63, 3.8) is 0 Å². The summed E-state index contributed by atoms with van der Waals surface area (Å²) >= 11 is 0. The average Bonchev–Trinajstić information content (AvgIpc) is 2.58. The Balaban J connectivity index is 2.42. The number of rotatable bonds is 4. The molecule has 1 aliphatic heterocycles. The zero-order valence-corrected chi connectivity index (χ0v) is 17.2. The van der Waals surface area contributed by atoms with Crippen LogP contribution in [-0.4, -0.2) is 47.9 Å². The molecule has 1 aromatic rings. The van der Waals surface area contributed by atoms with Gasteiger partial charge in [0.05, 0.1) is 12.7 Å². The zero-order chi connectivity index (χ0) is 20.4. The first kappa shape index (κ1) is 21.1. The predicted octanol–water partition coefficient (Wildman–Crippen LogP) is 4.63. The maximum absolute atomic E-state index is 12.5. The number of hydrogen-bond acceptors (Lipinski definition) is 4. The Morgan fingerprint density at radius 1 is 1.26 bits per heavy atom. The summed E-state index contributed by atoms with van der Waals surface area (Å²) in [6.07, 6.45) is 1.23. The van der Waals surface area contributed by atoms with Crippen molar-refractivity contribution in [2.75, 3.05) is 20.2 Å². The minimum Gasteiger partial charge on any atom is -0.496 e. The first-order chi connectivity index (χ1) is 12.5. The van der Waals surface area contributed by atoms with Gasteiger partial charge in [0.1, 0.15) is 11.4 Å². The van der Waals surface area contributed by atoms with Crippen LogP contribution in [0.25, 0.3) is 0 Å². The molecule has 1 aromatic carbocycles. The van der Waals surface area contributed by atoms with Gasteiger partial charge in [-0.3, -0.25) is 0 Å². The summed E-state index contributed by atoms with van der Waals surface area (Å²) < 4.78 is 11.2. The Bertz CT molecular complexity index is 705. The molecule has 2 rings (SSSR count). The van der Waals surface area contributed by atoms with Crippen LogP contribution < -0.4 is 4.74 Å². The van der Waals surface area contributed by atoms with Crippen molar-refractivity contribution < 1.29 is 24.2 Å². The van der Waals surface area contributed by atoms with Crippen LogP contribution in [0, 0.1) is 0 Å². The molecule has 0 aromatic heterocycles. The second kappa shape index (κ2) is 8.19. The standard InChI is InChI=1S/C21H31NO5/c1-13(2)15-9-10-16(19(23)24)17(18(15)26-6)14-8-7-11-22(12-14)20(25)27-21(3,4)5/h9-10,13-14H,7-8,11-12H2,1-6H3,(H,23,24). The number of methoxy groups -OCH3 is 1. The normalized spacial score (nSPS) is 17.7. The number of likely N-dealkylation sites (tertiary alicyclic amines) is 1. The highest BCUT2D eigenvalue weighted by molar-refractivity contribution is 5.91. The van der Waals surface area contributed by atoms with Crippen LogP contribution in [0.1, 0.15) is 80.8 Å². The number of carboxylic acid groups (broad SMARTS) is 1. The van der Waals surface area contributed by atoms with Gasteiger partial charge in [-0.2, -0.15) is 0 Å². The van der Waals surface area contributed by atoms with Gasteiger partial charge in [0.25, 0.3) is 0 Å². The molecule has 1 N–H and O–H groups in total. The van der Waals surface area contributed by atoms with Crippen molar-refractivity contribution in [2.24, 2.45) is 0 Å². The first-order valence-corrected chi connectivity index (χ1v) is 9.47. The number of benzene rings is 1. The fourth-order valence-electron chi connectivity index (χ4n) is 3.60. The van der Waals surface area contributed by atoms with E-state index in [1.807, 2.05) is 26.8 Å². The molecule has 0 radical (unpaired) electrons. The molecule has 1 heterocycles. The Labute approximate surface area is 161 Å². The summed E-state index contributed by atoms with van der Waals surface area (Å²) in [6, 6.07) is 3.48. The summed E-state index contributed by atoms with van der Waals surface area (Å²) in [5.74, 6) is -0.257. The lowest BCUT2D eigenvalue weighted by Gasteiger charge is -2.35. The summed E-state index contributed by atoms with van der Waals surface area (Å²) in [5, 5.41) is 9.71. The van der Waals surface area contributed by atoms with Gasteiger partial charge in [0, 0.05) is 24.6 Å². The summed E-state index contributed by atoms with van der Waals surface area (Å²) in [6.45, 7) is 10.6. The largest absolute Gasteiger partial charge is 0.496 e. The number of ether oxygens (including phenoxy) is 2. The van der Waals surface area contributed by atoms with Gasteiger partial charge in [0.15, 0.2) is 0 Å². The van der Waals surface area contributed by atoms with Crippen molar-refractivity contribution >= 4 is 12.1 Å². The summed E-state index contributed by atoms with van der Waals surface area (Å²) in [4.78, 5) is 26.0. The van der Waals surface area contributed by atoms with Crippen LogP contribution in [0.2, 0.25) is 0 Å². The minimum absolute atomic E-state index is 0.106. The smallest absolute Gasteiger partial charge is 0.410 e. The number of aromatic carboxylic acids is 1. The van der Waals surface area contributed by atoms with E-state index in [1.165, 1.54) is 0 Å². The number of amides is 1. The van der Waals surface area contributed by atoms with Crippen LogP contribution in [0.15, 0.2) is 12.1 Å². The fourth-order valence-corrected chi connectivity index (χ4v) is 3.60. The van der Waals surface area contributed by atoms with Gasteiger partial charge in [-0.05, 0) is 51.2 Å². The molecule has 6 nitrogen and oxygen atoms in total. The molecule has 27 heavy (non-hydrogen) atoms. The maximum atomic E-state index is 12.5. The number of carbonyl (C=O) groups excluding carboxylic acids is 1. The molecule has 0 aliphatic carbocycles. The second-order valence-corrected chi connectivity index (χ2v) is 8.37. The molecule has 1 fully saturated rings. The molecule has 0 saturated carbocycles. The molecule has 1 atom stereocenters. The number of hydrogen-bond donors (Lipinski definition) is 1. The molecule has 1 unspecified atom stereocenters. The number of carbonyl (C=O) groups is 2. The van der Waals surface area contributed by atoms with Crippen LogP contribution >= 0.6 is 0 Å². The Kier molecular flexibility index (Phi) is 6.39. The van der Waals surface area contributed by atoms with Crippen LogP contribution in [0.3, 0.4) is 0 Å². The Hall–Kier alpha value is -2.24. The van der Waals surface area contributed by atoms with Crippen LogP contribution in [0.4, 0.5) is 4.79 Å². The first-order valence-electron chi connectivity index (χ1n) is 9.47. The van der Waals surface area contributed by atoms with Crippen molar-refractivity contribution in [1.82, 2.24) is 4.90 Å². The molecule has 1 amide bonds. The average molecular weight is 377 g/mol. The van der Waals surface area contributed by atoms with Crippen molar-refractivity contribution in [1.29, 1.82) is 0 Å². The van der Waals surface area contributed by atoms with Crippen LogP contribution in [0.5, 0.6) is 5.75 Å². The summed E-state index contributed by atoms with van der Waals surface area (Å²) in [5.41, 5.74) is 1.34. The topological polar surface area (TPSA) is 76.1 Å². The fraction of sp³-hybridized carbons (Fsp3) is 0.619. The molecular formula is C21H31NO5. The third kappa shape index (κ3) is 4.93. The molecule has 1 saturated heterocycles. The molecular weight excluding hydrogens is 346 g/mol. The lowest BCUT2D eigenvalue weighted by molar-refractivity contribution is 0.0197. The Morgan fingerprint density at radius 2 is 1.93 bits per heavy atom. The van der Waals surface area contributed by atoms with Crippen molar-refractivity contribution in [2.45, 2.75) is 64.9 Å². The van der Waals surface area contributed by atoms with Crippen LogP contribution in [-0.2, 0) is 4.74 Å². The second-order valence-electron chi connectivity index (χ2n) is 8.37. The van der Waals surface area contributed by atoms with Gasteiger partial charge < -0.3 is 19.5 Å². The lowest BCUT2D eigenvalue weighted by atomic mass is 9.84. The van der Waals surface area contributed by atoms with E-state index in [-0.39, 0.29) is 23.5 Å². The third-order valence-corrected chi connectivity index (χ3v) is 4.76. The monoisotopic (exact) mass is 377 g/mol.